The Bertz CT molecular complexity index is 1480. The van der Waals surface area contributed by atoms with Gasteiger partial charge in [0.05, 0.1) is 20.8 Å². The van der Waals surface area contributed by atoms with Gasteiger partial charge in [0, 0.05) is 19.7 Å². The third-order valence-corrected chi connectivity index (χ3v) is 8.40. The molecular formula is C24H23N3O3S2. The summed E-state index contributed by atoms with van der Waals surface area (Å²) in [4.78, 5) is 17.8. The van der Waals surface area contributed by atoms with E-state index in [-0.39, 0.29) is 4.90 Å². The minimum Gasteiger partial charge on any atom is -0.319 e. The molecule has 32 heavy (non-hydrogen) atoms. The van der Waals surface area contributed by atoms with Gasteiger partial charge in [-0.05, 0) is 67.4 Å². The van der Waals surface area contributed by atoms with Gasteiger partial charge >= 0.3 is 0 Å². The van der Waals surface area contributed by atoms with E-state index < -0.39 is 15.9 Å². The molecule has 0 aliphatic rings. The zero-order valence-corrected chi connectivity index (χ0v) is 19.9. The standard InChI is InChI=1S/C24H23N3O3S2/c1-16-14-17(2)22-21(15-16)26(3)24(31-22)25-23(28)18-10-12-20(13-11-18)32(29,30)27(4)19-8-6-5-7-9-19/h5-15H,1-4H3. The molecule has 164 valence electrons. The summed E-state index contributed by atoms with van der Waals surface area (Å²) in [5, 5.41) is 0. The maximum Gasteiger partial charge on any atom is 0.279 e. The average Bonchev–Trinajstić information content (AvgIpc) is 3.09. The first-order valence-electron chi connectivity index (χ1n) is 9.98. The number of hydrogen-bond donors (Lipinski definition) is 0. The van der Waals surface area contributed by atoms with Crippen LogP contribution < -0.4 is 9.11 Å². The van der Waals surface area contributed by atoms with Crippen molar-refractivity contribution in [1.82, 2.24) is 4.57 Å². The summed E-state index contributed by atoms with van der Waals surface area (Å²) in [5.41, 5.74) is 4.22. The number of sulfonamides is 1. The monoisotopic (exact) mass is 465 g/mol. The van der Waals surface area contributed by atoms with Gasteiger partial charge in [0.1, 0.15) is 0 Å². The van der Waals surface area contributed by atoms with Gasteiger partial charge in [-0.15, -0.1) is 0 Å². The second-order valence-corrected chi connectivity index (χ2v) is 10.6. The second kappa shape index (κ2) is 8.37. The normalized spacial score (nSPS) is 12.3. The fourth-order valence-corrected chi connectivity index (χ4v) is 5.79. The fourth-order valence-electron chi connectivity index (χ4n) is 3.53. The van der Waals surface area contributed by atoms with E-state index in [4.69, 9.17) is 0 Å². The molecule has 0 radical (unpaired) electrons. The maximum atomic E-state index is 12.9. The lowest BCUT2D eigenvalue weighted by molar-refractivity contribution is 0.0998. The van der Waals surface area contributed by atoms with Crippen LogP contribution in [0.3, 0.4) is 0 Å². The van der Waals surface area contributed by atoms with Gasteiger partial charge in [0.25, 0.3) is 15.9 Å². The number of carbonyl (C=O) groups excluding carboxylic acids is 1. The van der Waals surface area contributed by atoms with Crippen molar-refractivity contribution < 1.29 is 13.2 Å². The Hall–Kier alpha value is -3.23. The van der Waals surface area contributed by atoms with Crippen LogP contribution in [-0.4, -0.2) is 25.9 Å². The van der Waals surface area contributed by atoms with Crippen molar-refractivity contribution in [2.24, 2.45) is 12.0 Å². The molecule has 0 unspecified atom stereocenters. The Labute approximate surface area is 191 Å². The summed E-state index contributed by atoms with van der Waals surface area (Å²) in [6.07, 6.45) is 0. The van der Waals surface area contributed by atoms with Crippen LogP contribution in [0.25, 0.3) is 10.2 Å². The second-order valence-electron chi connectivity index (χ2n) is 7.62. The van der Waals surface area contributed by atoms with Crippen LogP contribution in [-0.2, 0) is 17.1 Å². The van der Waals surface area contributed by atoms with Crippen LogP contribution in [0.1, 0.15) is 21.5 Å². The van der Waals surface area contributed by atoms with E-state index in [9.17, 15) is 13.2 Å². The van der Waals surface area contributed by atoms with Crippen molar-refractivity contribution in [3.63, 3.8) is 0 Å². The van der Waals surface area contributed by atoms with Crippen molar-refractivity contribution in [3.8, 4) is 0 Å². The first kappa shape index (κ1) is 22.0. The SMILES string of the molecule is Cc1cc(C)c2sc(=NC(=O)c3ccc(S(=O)(=O)N(C)c4ccccc4)cc3)n(C)c2c1. The molecule has 0 saturated heterocycles. The van der Waals surface area contributed by atoms with Gasteiger partial charge in [-0.3, -0.25) is 9.10 Å². The number of thiazole rings is 1. The van der Waals surface area contributed by atoms with Gasteiger partial charge in [0.15, 0.2) is 4.80 Å². The predicted octanol–water partition coefficient (Wildman–Crippen LogP) is 4.42. The molecule has 1 aromatic heterocycles. The lowest BCUT2D eigenvalue weighted by atomic mass is 10.1. The number of carbonyl (C=O) groups is 1. The summed E-state index contributed by atoms with van der Waals surface area (Å²) in [7, 11) is -0.345. The van der Waals surface area contributed by atoms with E-state index >= 15 is 0 Å². The molecule has 0 spiro atoms. The van der Waals surface area contributed by atoms with E-state index in [1.165, 1.54) is 47.0 Å². The molecule has 0 saturated carbocycles. The number of para-hydroxylation sites is 1. The molecule has 0 fully saturated rings. The number of fused-ring (bicyclic) bond motifs is 1. The number of aryl methyl sites for hydroxylation is 3. The first-order valence-corrected chi connectivity index (χ1v) is 12.2. The molecule has 4 rings (SSSR count). The summed E-state index contributed by atoms with van der Waals surface area (Å²) < 4.78 is 30.1. The van der Waals surface area contributed by atoms with Crippen molar-refractivity contribution >= 4 is 43.2 Å². The maximum absolute atomic E-state index is 12.9. The number of hydrogen-bond acceptors (Lipinski definition) is 4. The lowest BCUT2D eigenvalue weighted by Gasteiger charge is -2.19. The van der Waals surface area contributed by atoms with Crippen molar-refractivity contribution in [2.75, 3.05) is 11.4 Å². The van der Waals surface area contributed by atoms with Crippen LogP contribution in [0.4, 0.5) is 5.69 Å². The summed E-state index contributed by atoms with van der Waals surface area (Å²) >= 11 is 1.46. The van der Waals surface area contributed by atoms with E-state index in [0.29, 0.717) is 16.1 Å². The van der Waals surface area contributed by atoms with E-state index in [2.05, 4.69) is 17.1 Å². The van der Waals surface area contributed by atoms with E-state index in [1.54, 1.807) is 24.3 Å². The summed E-state index contributed by atoms with van der Waals surface area (Å²) in [6.45, 7) is 4.08. The minimum absolute atomic E-state index is 0.110. The quantitative estimate of drug-likeness (QED) is 0.448. The zero-order chi connectivity index (χ0) is 23.0. The lowest BCUT2D eigenvalue weighted by Crippen LogP contribution is -2.26. The molecule has 0 bridgehead atoms. The molecule has 1 heterocycles. The first-order chi connectivity index (χ1) is 15.2. The molecule has 0 aliphatic carbocycles. The van der Waals surface area contributed by atoms with Crippen LogP contribution in [0.2, 0.25) is 0 Å². The Morgan fingerprint density at radius 2 is 1.66 bits per heavy atom. The Kier molecular flexibility index (Phi) is 5.75. The Morgan fingerprint density at radius 3 is 2.31 bits per heavy atom. The molecule has 0 aliphatic heterocycles. The van der Waals surface area contributed by atoms with Gasteiger partial charge in [-0.1, -0.05) is 35.6 Å². The number of amides is 1. The molecule has 6 nitrogen and oxygen atoms in total. The smallest absolute Gasteiger partial charge is 0.279 e. The molecule has 8 heteroatoms. The van der Waals surface area contributed by atoms with E-state index in [1.807, 2.05) is 31.5 Å². The summed E-state index contributed by atoms with van der Waals surface area (Å²) in [5.74, 6) is -0.415. The summed E-state index contributed by atoms with van der Waals surface area (Å²) in [6, 6.07) is 18.9. The van der Waals surface area contributed by atoms with Crippen molar-refractivity contribution in [1.29, 1.82) is 0 Å². The van der Waals surface area contributed by atoms with Gasteiger partial charge in [0.2, 0.25) is 0 Å². The third kappa shape index (κ3) is 3.99. The van der Waals surface area contributed by atoms with Crippen molar-refractivity contribution in [2.45, 2.75) is 18.7 Å². The molecule has 4 aromatic rings. The molecule has 3 aromatic carbocycles. The topological polar surface area (TPSA) is 71.7 Å². The molecule has 1 amide bonds. The van der Waals surface area contributed by atoms with Gasteiger partial charge < -0.3 is 4.57 Å². The van der Waals surface area contributed by atoms with E-state index in [0.717, 1.165) is 21.3 Å². The number of aromatic nitrogens is 1. The highest BCUT2D eigenvalue weighted by Gasteiger charge is 2.21. The van der Waals surface area contributed by atoms with Crippen LogP contribution in [0.5, 0.6) is 0 Å². The molecule has 0 atom stereocenters. The average molecular weight is 466 g/mol. The van der Waals surface area contributed by atoms with Gasteiger partial charge in [-0.25, -0.2) is 8.42 Å². The highest BCUT2D eigenvalue weighted by molar-refractivity contribution is 7.92. The largest absolute Gasteiger partial charge is 0.319 e. The van der Waals surface area contributed by atoms with Crippen LogP contribution >= 0.6 is 11.3 Å². The minimum atomic E-state index is -3.74. The van der Waals surface area contributed by atoms with Crippen LogP contribution in [0, 0.1) is 13.8 Å². The third-order valence-electron chi connectivity index (χ3n) is 5.32. The number of nitrogens with zero attached hydrogens (tertiary/aromatic N) is 3. The Morgan fingerprint density at radius 1 is 1.00 bits per heavy atom. The molecule has 0 N–H and O–H groups in total. The van der Waals surface area contributed by atoms with Crippen LogP contribution in [0.15, 0.2) is 76.6 Å². The highest BCUT2D eigenvalue weighted by Crippen LogP contribution is 2.24. The number of rotatable bonds is 4. The predicted molar refractivity (Wildman–Crippen MR) is 129 cm³/mol. The molecular weight excluding hydrogens is 442 g/mol. The number of anilines is 1. The van der Waals surface area contributed by atoms with Gasteiger partial charge in [-0.2, -0.15) is 4.99 Å². The zero-order valence-electron chi connectivity index (χ0n) is 18.2. The van der Waals surface area contributed by atoms with Crippen molar-refractivity contribution in [3.05, 3.63) is 88.2 Å². The fraction of sp³-hybridized carbons (Fsp3) is 0.167. The highest BCUT2D eigenvalue weighted by atomic mass is 32.2. The number of benzene rings is 3. The Balaban J connectivity index is 1.65.